The van der Waals surface area contributed by atoms with Gasteiger partial charge in [-0.05, 0) is 19.3 Å². The Balaban J connectivity index is 0.000001000. The minimum absolute atomic E-state index is 0. The van der Waals surface area contributed by atoms with Crippen LogP contribution in [0.5, 0.6) is 0 Å². The Hall–Kier alpha value is -0.780. The summed E-state index contributed by atoms with van der Waals surface area (Å²) in [6.45, 7) is 2.53. The zero-order valence-corrected chi connectivity index (χ0v) is 13.0. The largest absolute Gasteiger partial charge is 0.341 e. The Morgan fingerprint density at radius 1 is 1.25 bits per heavy atom. The molecule has 5 nitrogen and oxygen atoms in total. The normalized spacial score (nSPS) is 24.5. The fourth-order valence-electron chi connectivity index (χ4n) is 2.97. The molecule has 2 unspecified atom stereocenters. The highest BCUT2D eigenvalue weighted by atomic mass is 35.5. The van der Waals surface area contributed by atoms with Crippen LogP contribution in [0.2, 0.25) is 0 Å². The molecule has 0 radical (unpaired) electrons. The molecule has 0 spiro atoms. The van der Waals surface area contributed by atoms with E-state index < -0.39 is 0 Å². The molecule has 1 aromatic rings. The molecule has 2 fully saturated rings. The summed E-state index contributed by atoms with van der Waals surface area (Å²) >= 11 is 0. The molecule has 1 N–H and O–H groups in total. The third-order valence-electron chi connectivity index (χ3n) is 4.02. The van der Waals surface area contributed by atoms with Crippen LogP contribution in [0.4, 0.5) is 0 Å². The second kappa shape index (κ2) is 7.86. The van der Waals surface area contributed by atoms with Gasteiger partial charge in [0, 0.05) is 50.5 Å². The Bertz CT molecular complexity index is 413. The second-order valence-electron chi connectivity index (χ2n) is 5.32. The van der Waals surface area contributed by atoms with Crippen molar-refractivity contribution < 1.29 is 4.79 Å². The topological polar surface area (TPSA) is 50.2 Å². The number of nitrogens with one attached hydrogen (secondary N) is 1. The number of hydrogen-bond donors (Lipinski definition) is 1. The van der Waals surface area contributed by atoms with Gasteiger partial charge in [0.25, 0.3) is 0 Å². The van der Waals surface area contributed by atoms with Crippen molar-refractivity contribution in [1.29, 1.82) is 0 Å². The number of nitrogens with zero attached hydrogens (tertiary/aromatic N) is 3. The van der Waals surface area contributed by atoms with E-state index >= 15 is 0 Å². The summed E-state index contributed by atoms with van der Waals surface area (Å²) in [4.78, 5) is 18.2. The third kappa shape index (κ3) is 4.11. The number of aryl methyl sites for hydroxylation is 1. The predicted octanol–water partition coefficient (Wildman–Crippen LogP) is 1.47. The van der Waals surface area contributed by atoms with Crippen LogP contribution in [0.1, 0.15) is 25.7 Å². The minimum atomic E-state index is 0. The molecule has 3 heterocycles. The molecule has 3 rings (SSSR count). The van der Waals surface area contributed by atoms with Crippen molar-refractivity contribution in [2.75, 3.05) is 13.1 Å². The Labute approximate surface area is 131 Å². The maximum atomic E-state index is 12.2. The second-order valence-corrected chi connectivity index (χ2v) is 5.32. The van der Waals surface area contributed by atoms with Crippen LogP contribution in [0.25, 0.3) is 0 Å². The van der Waals surface area contributed by atoms with Crippen LogP contribution in [0.3, 0.4) is 0 Å². The fourth-order valence-corrected chi connectivity index (χ4v) is 2.97. The van der Waals surface area contributed by atoms with Gasteiger partial charge >= 0.3 is 0 Å². The molecule has 2 bridgehead atoms. The van der Waals surface area contributed by atoms with Gasteiger partial charge in [-0.3, -0.25) is 4.79 Å². The van der Waals surface area contributed by atoms with Crippen molar-refractivity contribution >= 4 is 30.7 Å². The highest BCUT2D eigenvalue weighted by Crippen LogP contribution is 2.20. The summed E-state index contributed by atoms with van der Waals surface area (Å²) in [5.41, 5.74) is 0. The molecule has 20 heavy (non-hydrogen) atoms. The molecule has 0 aromatic carbocycles. The van der Waals surface area contributed by atoms with Gasteiger partial charge < -0.3 is 14.8 Å². The first-order valence-corrected chi connectivity index (χ1v) is 6.81. The first-order valence-electron chi connectivity index (χ1n) is 6.81. The molecule has 1 aromatic heterocycles. The van der Waals surface area contributed by atoms with Crippen molar-refractivity contribution in [2.24, 2.45) is 0 Å². The van der Waals surface area contributed by atoms with Gasteiger partial charge in [-0.15, -0.1) is 24.8 Å². The number of halogens is 2. The molecule has 2 atom stereocenters. The first kappa shape index (κ1) is 17.3. The highest BCUT2D eigenvalue weighted by molar-refractivity contribution is 5.85. The zero-order chi connectivity index (χ0) is 12.4. The van der Waals surface area contributed by atoms with Gasteiger partial charge in [0.05, 0.1) is 6.33 Å². The van der Waals surface area contributed by atoms with E-state index in [0.29, 0.717) is 18.5 Å². The van der Waals surface area contributed by atoms with Crippen LogP contribution >= 0.6 is 24.8 Å². The average molecular weight is 321 g/mol. The van der Waals surface area contributed by atoms with Crippen molar-refractivity contribution in [3.63, 3.8) is 0 Å². The van der Waals surface area contributed by atoms with Gasteiger partial charge in [0.2, 0.25) is 5.91 Å². The van der Waals surface area contributed by atoms with Gasteiger partial charge in [0.15, 0.2) is 0 Å². The SMILES string of the molecule is Cl.Cl.O=C(CCn1ccnc1)N1CCC2CCC(C1)N2. The molecule has 2 saturated heterocycles. The molecular weight excluding hydrogens is 299 g/mol. The van der Waals surface area contributed by atoms with E-state index in [1.165, 1.54) is 12.8 Å². The van der Waals surface area contributed by atoms with Crippen molar-refractivity contribution in [1.82, 2.24) is 19.8 Å². The number of carbonyl (C=O) groups is 1. The highest BCUT2D eigenvalue weighted by Gasteiger charge is 2.30. The maximum Gasteiger partial charge on any atom is 0.224 e. The van der Waals surface area contributed by atoms with E-state index in [4.69, 9.17) is 0 Å². The summed E-state index contributed by atoms with van der Waals surface area (Å²) in [6, 6.07) is 1.16. The molecule has 2 aliphatic heterocycles. The fraction of sp³-hybridized carbons (Fsp3) is 0.692. The lowest BCUT2D eigenvalue weighted by Gasteiger charge is -2.24. The van der Waals surface area contributed by atoms with Crippen LogP contribution in [-0.4, -0.2) is 45.5 Å². The number of imidazole rings is 1. The summed E-state index contributed by atoms with van der Waals surface area (Å²) in [7, 11) is 0. The van der Waals surface area contributed by atoms with Gasteiger partial charge in [-0.25, -0.2) is 4.98 Å². The molecule has 7 heteroatoms. The average Bonchev–Trinajstić information content (AvgIpc) is 2.96. The van der Waals surface area contributed by atoms with E-state index in [2.05, 4.69) is 10.3 Å². The molecule has 1 amide bonds. The summed E-state index contributed by atoms with van der Waals surface area (Å²) in [6.07, 6.45) is 9.59. The van der Waals surface area contributed by atoms with E-state index in [0.717, 1.165) is 26.1 Å². The number of fused-ring (bicyclic) bond motifs is 2. The van der Waals surface area contributed by atoms with Crippen LogP contribution in [-0.2, 0) is 11.3 Å². The van der Waals surface area contributed by atoms with E-state index in [9.17, 15) is 4.79 Å². The number of carbonyl (C=O) groups excluding carboxylic acids is 1. The van der Waals surface area contributed by atoms with Crippen LogP contribution in [0.15, 0.2) is 18.7 Å². The Morgan fingerprint density at radius 2 is 2.05 bits per heavy atom. The lowest BCUT2D eigenvalue weighted by atomic mass is 10.1. The summed E-state index contributed by atoms with van der Waals surface area (Å²) < 4.78 is 1.96. The summed E-state index contributed by atoms with van der Waals surface area (Å²) in [5, 5.41) is 3.60. The van der Waals surface area contributed by atoms with Crippen molar-refractivity contribution in [3.8, 4) is 0 Å². The Kier molecular flexibility index (Phi) is 6.79. The van der Waals surface area contributed by atoms with E-state index in [1.54, 1.807) is 12.5 Å². The molecule has 2 aliphatic rings. The standard InChI is InChI=1S/C13H20N4O.2ClH/c18-13(4-6-16-8-5-14-10-16)17-7-3-11-1-2-12(9-17)15-11;;/h5,8,10-12,15H,1-4,6-7,9H2;2*1H. The molecule has 0 aliphatic carbocycles. The Morgan fingerprint density at radius 3 is 2.80 bits per heavy atom. The monoisotopic (exact) mass is 320 g/mol. The van der Waals surface area contributed by atoms with Crippen LogP contribution in [0, 0.1) is 0 Å². The molecule has 0 saturated carbocycles. The number of rotatable bonds is 3. The molecule has 114 valence electrons. The number of amides is 1. The van der Waals surface area contributed by atoms with Gasteiger partial charge in [0.1, 0.15) is 0 Å². The quantitative estimate of drug-likeness (QED) is 0.917. The lowest BCUT2D eigenvalue weighted by Crippen LogP contribution is -2.39. The van der Waals surface area contributed by atoms with Gasteiger partial charge in [-0.1, -0.05) is 0 Å². The minimum Gasteiger partial charge on any atom is -0.341 e. The maximum absolute atomic E-state index is 12.2. The number of likely N-dealkylation sites (tertiary alicyclic amines) is 1. The number of aromatic nitrogens is 2. The summed E-state index contributed by atoms with van der Waals surface area (Å²) in [5.74, 6) is 0.276. The van der Waals surface area contributed by atoms with Crippen LogP contribution < -0.4 is 5.32 Å². The smallest absolute Gasteiger partial charge is 0.224 e. The first-order chi connectivity index (χ1) is 8.81. The molecular formula is C13H22Cl2N4O. The predicted molar refractivity (Wildman–Crippen MR) is 82.5 cm³/mol. The lowest BCUT2D eigenvalue weighted by molar-refractivity contribution is -0.131. The van der Waals surface area contributed by atoms with Gasteiger partial charge in [-0.2, -0.15) is 0 Å². The third-order valence-corrected chi connectivity index (χ3v) is 4.02. The van der Waals surface area contributed by atoms with E-state index in [1.807, 2.05) is 15.7 Å². The number of hydrogen-bond acceptors (Lipinski definition) is 3. The van der Waals surface area contributed by atoms with Crippen molar-refractivity contribution in [2.45, 2.75) is 44.3 Å². The zero-order valence-electron chi connectivity index (χ0n) is 11.4. The van der Waals surface area contributed by atoms with E-state index in [-0.39, 0.29) is 30.7 Å². The van der Waals surface area contributed by atoms with Crippen molar-refractivity contribution in [3.05, 3.63) is 18.7 Å².